The van der Waals surface area contributed by atoms with Crippen LogP contribution in [0.25, 0.3) is 0 Å². The monoisotopic (exact) mass is 361 g/mol. The number of hydrogen-bond donors (Lipinski definition) is 2. The fourth-order valence-electron chi connectivity index (χ4n) is 2.81. The van der Waals surface area contributed by atoms with Crippen LogP contribution in [0.15, 0.2) is 58.4 Å². The number of hydrogen-bond acceptors (Lipinski definition) is 4. The third-order valence-electron chi connectivity index (χ3n) is 4.19. The Bertz CT molecular complexity index is 880. The maximum Gasteiger partial charge on any atom is 0.255 e. The van der Waals surface area contributed by atoms with Gasteiger partial charge in [0, 0.05) is 31.4 Å². The summed E-state index contributed by atoms with van der Waals surface area (Å²) in [4.78, 5) is 27.8. The second-order valence-corrected chi connectivity index (χ2v) is 7.66. The fourth-order valence-corrected chi connectivity index (χ4v) is 4.14. The zero-order valence-corrected chi connectivity index (χ0v) is 14.3. The van der Waals surface area contributed by atoms with E-state index in [2.05, 4.69) is 9.71 Å². The molecule has 2 aromatic rings. The lowest BCUT2D eigenvalue weighted by molar-refractivity contribution is 0.0711. The van der Waals surface area contributed by atoms with Gasteiger partial charge < -0.3 is 9.88 Å². The molecule has 1 aliphatic heterocycles. The van der Waals surface area contributed by atoms with E-state index in [1.165, 1.54) is 18.3 Å². The van der Waals surface area contributed by atoms with Crippen molar-refractivity contribution in [2.45, 2.75) is 23.8 Å². The molecule has 25 heavy (non-hydrogen) atoms. The van der Waals surface area contributed by atoms with Crippen molar-refractivity contribution in [2.75, 3.05) is 13.1 Å². The highest BCUT2D eigenvalue weighted by Crippen LogP contribution is 2.16. The molecule has 0 aliphatic carbocycles. The molecular weight excluding hydrogens is 342 g/mol. The van der Waals surface area contributed by atoms with Gasteiger partial charge >= 0.3 is 0 Å². The normalized spacial score (nSPS) is 15.9. The van der Waals surface area contributed by atoms with E-state index in [4.69, 9.17) is 0 Å². The van der Waals surface area contributed by atoms with Gasteiger partial charge in [-0.25, -0.2) is 13.1 Å². The van der Waals surface area contributed by atoms with Crippen molar-refractivity contribution in [1.82, 2.24) is 14.6 Å². The summed E-state index contributed by atoms with van der Waals surface area (Å²) in [5.41, 5.74) is 0.161. The van der Waals surface area contributed by atoms with Crippen molar-refractivity contribution in [1.29, 1.82) is 0 Å². The molecule has 7 nitrogen and oxygen atoms in total. The predicted molar refractivity (Wildman–Crippen MR) is 92.8 cm³/mol. The number of nitrogens with zero attached hydrogens (tertiary/aromatic N) is 1. The molecule has 0 atom stereocenters. The number of nitrogens with one attached hydrogen (secondary N) is 2. The summed E-state index contributed by atoms with van der Waals surface area (Å²) in [6.45, 7) is 0.917. The van der Waals surface area contributed by atoms with E-state index in [1.807, 2.05) is 0 Å². The van der Waals surface area contributed by atoms with E-state index in [0.717, 1.165) is 0 Å². The zero-order valence-electron chi connectivity index (χ0n) is 13.5. The predicted octanol–water partition coefficient (Wildman–Crippen LogP) is 0.958. The lowest BCUT2D eigenvalue weighted by atomic mass is 10.1. The molecule has 1 saturated heterocycles. The molecule has 0 radical (unpaired) electrons. The van der Waals surface area contributed by atoms with Gasteiger partial charge in [-0.1, -0.05) is 18.2 Å². The molecule has 1 aromatic heterocycles. The largest absolute Gasteiger partial charge is 0.338 e. The molecular formula is C17H19N3O4S. The molecule has 0 bridgehead atoms. The number of rotatable bonds is 4. The molecule has 1 fully saturated rings. The van der Waals surface area contributed by atoms with E-state index in [0.29, 0.717) is 31.5 Å². The standard InChI is InChI=1S/C17H19N3O4S/c21-16-7-6-13(12-18-16)17(22)20-10-8-14(9-11-20)19-25(23,24)15-4-2-1-3-5-15/h1-7,12,14,19H,8-11H2,(H,18,21). The van der Waals surface area contributed by atoms with Crippen molar-refractivity contribution in [2.24, 2.45) is 0 Å². The van der Waals surface area contributed by atoms with Crippen molar-refractivity contribution in [3.05, 3.63) is 64.6 Å². The van der Waals surface area contributed by atoms with E-state index >= 15 is 0 Å². The molecule has 0 unspecified atom stereocenters. The summed E-state index contributed by atoms with van der Waals surface area (Å²) in [7, 11) is -3.55. The Morgan fingerprint density at radius 3 is 2.36 bits per heavy atom. The molecule has 2 N–H and O–H groups in total. The molecule has 0 saturated carbocycles. The first-order valence-corrected chi connectivity index (χ1v) is 9.49. The van der Waals surface area contributed by atoms with Gasteiger partial charge in [-0.3, -0.25) is 9.59 Å². The van der Waals surface area contributed by atoms with Crippen LogP contribution in [0.5, 0.6) is 0 Å². The summed E-state index contributed by atoms with van der Waals surface area (Å²) in [6, 6.07) is 10.8. The molecule has 2 heterocycles. The van der Waals surface area contributed by atoms with E-state index in [1.54, 1.807) is 35.2 Å². The van der Waals surface area contributed by atoms with Gasteiger partial charge in [-0.15, -0.1) is 0 Å². The quantitative estimate of drug-likeness (QED) is 0.847. The van der Waals surface area contributed by atoms with Crippen LogP contribution in [0.1, 0.15) is 23.2 Å². The van der Waals surface area contributed by atoms with Crippen LogP contribution in [0.4, 0.5) is 0 Å². The first-order chi connectivity index (χ1) is 12.0. The molecule has 1 aliphatic rings. The maximum atomic E-state index is 12.4. The van der Waals surface area contributed by atoms with Gasteiger partial charge in [0.25, 0.3) is 5.91 Å². The van der Waals surface area contributed by atoms with Crippen LogP contribution in [0.2, 0.25) is 0 Å². The number of likely N-dealkylation sites (tertiary alicyclic amines) is 1. The van der Waals surface area contributed by atoms with Crippen molar-refractivity contribution >= 4 is 15.9 Å². The third-order valence-corrected chi connectivity index (χ3v) is 5.73. The van der Waals surface area contributed by atoms with Gasteiger partial charge in [0.05, 0.1) is 10.5 Å². The summed E-state index contributed by atoms with van der Waals surface area (Å²) in [5.74, 6) is -0.166. The van der Waals surface area contributed by atoms with Gasteiger partial charge in [0.2, 0.25) is 15.6 Å². The Hall–Kier alpha value is -2.45. The van der Waals surface area contributed by atoms with Gasteiger partial charge in [0.15, 0.2) is 0 Å². The van der Waals surface area contributed by atoms with Crippen molar-refractivity contribution in [3.8, 4) is 0 Å². The van der Waals surface area contributed by atoms with Crippen LogP contribution in [-0.2, 0) is 10.0 Å². The molecule has 8 heteroatoms. The van der Waals surface area contributed by atoms with Crippen molar-refractivity contribution in [3.63, 3.8) is 0 Å². The number of carbonyl (C=O) groups excluding carboxylic acids is 1. The number of H-pyrrole nitrogens is 1. The summed E-state index contributed by atoms with van der Waals surface area (Å²) in [5, 5.41) is 0. The number of sulfonamides is 1. The number of carbonyl (C=O) groups is 1. The SMILES string of the molecule is O=C(c1ccc(=O)[nH]c1)N1CCC(NS(=O)(=O)c2ccccc2)CC1. The Morgan fingerprint density at radius 2 is 1.76 bits per heavy atom. The lowest BCUT2D eigenvalue weighted by Crippen LogP contribution is -2.46. The maximum absolute atomic E-state index is 12.4. The van der Waals surface area contributed by atoms with Crippen LogP contribution in [0.3, 0.4) is 0 Å². The minimum atomic E-state index is -3.55. The minimum Gasteiger partial charge on any atom is -0.338 e. The number of pyridine rings is 1. The van der Waals surface area contributed by atoms with E-state index in [9.17, 15) is 18.0 Å². The molecule has 132 valence electrons. The summed E-state index contributed by atoms with van der Waals surface area (Å²) in [6.07, 6.45) is 2.48. The molecule has 1 amide bonds. The van der Waals surface area contributed by atoms with Crippen LogP contribution < -0.4 is 10.3 Å². The highest BCUT2D eigenvalue weighted by molar-refractivity contribution is 7.89. The van der Waals surface area contributed by atoms with Gasteiger partial charge in [0.1, 0.15) is 0 Å². The number of benzene rings is 1. The lowest BCUT2D eigenvalue weighted by Gasteiger charge is -2.32. The van der Waals surface area contributed by atoms with Crippen LogP contribution in [-0.4, -0.2) is 43.3 Å². The Labute approximate surface area is 145 Å². The Kier molecular flexibility index (Phi) is 5.00. The van der Waals surface area contributed by atoms with Crippen LogP contribution >= 0.6 is 0 Å². The summed E-state index contributed by atoms with van der Waals surface area (Å²) >= 11 is 0. The smallest absolute Gasteiger partial charge is 0.255 e. The highest BCUT2D eigenvalue weighted by atomic mass is 32.2. The minimum absolute atomic E-state index is 0.166. The summed E-state index contributed by atoms with van der Waals surface area (Å²) < 4.78 is 27.4. The highest BCUT2D eigenvalue weighted by Gasteiger charge is 2.27. The average molecular weight is 361 g/mol. The zero-order chi connectivity index (χ0) is 17.9. The second-order valence-electron chi connectivity index (χ2n) is 5.94. The van der Waals surface area contributed by atoms with E-state index in [-0.39, 0.29) is 22.4 Å². The first-order valence-electron chi connectivity index (χ1n) is 8.01. The number of amides is 1. The molecule has 0 spiro atoms. The van der Waals surface area contributed by atoms with Gasteiger partial charge in [-0.2, -0.15) is 0 Å². The number of aromatic amines is 1. The second kappa shape index (κ2) is 7.20. The fraction of sp³-hybridized carbons (Fsp3) is 0.294. The first kappa shape index (κ1) is 17.4. The number of piperidine rings is 1. The Morgan fingerprint density at radius 1 is 1.08 bits per heavy atom. The van der Waals surface area contributed by atoms with Gasteiger partial charge in [-0.05, 0) is 31.0 Å². The van der Waals surface area contributed by atoms with E-state index < -0.39 is 10.0 Å². The molecule has 1 aromatic carbocycles. The van der Waals surface area contributed by atoms with Crippen LogP contribution in [0, 0.1) is 0 Å². The third kappa shape index (κ3) is 4.15. The Balaban J connectivity index is 1.59. The molecule has 3 rings (SSSR count). The topological polar surface area (TPSA) is 99.3 Å². The average Bonchev–Trinajstić information content (AvgIpc) is 2.63. The van der Waals surface area contributed by atoms with Crippen molar-refractivity contribution < 1.29 is 13.2 Å². The number of aromatic nitrogens is 1.